The Balaban J connectivity index is 1.54. The summed E-state index contributed by atoms with van der Waals surface area (Å²) in [5.74, 6) is -0.963. The molecule has 0 amide bonds. The van der Waals surface area contributed by atoms with Crippen LogP contribution in [0.3, 0.4) is 0 Å². The van der Waals surface area contributed by atoms with Gasteiger partial charge in [-0.05, 0) is 60.7 Å². The minimum atomic E-state index is -3.34. The summed E-state index contributed by atoms with van der Waals surface area (Å²) in [6, 6.07) is 11.3. The predicted octanol–water partition coefficient (Wildman–Crippen LogP) is 4.89. The van der Waals surface area contributed by atoms with E-state index in [4.69, 9.17) is 4.74 Å². The number of carboxylic acid groups (broad SMARTS) is 1. The van der Waals surface area contributed by atoms with Crippen LogP contribution in [0.25, 0.3) is 11.0 Å². The average Bonchev–Trinajstić information content (AvgIpc) is 3.21. The summed E-state index contributed by atoms with van der Waals surface area (Å²) >= 11 is 0. The zero-order valence-electron chi connectivity index (χ0n) is 21.7. The van der Waals surface area contributed by atoms with Gasteiger partial charge in [0.25, 0.3) is 0 Å². The molecule has 38 heavy (non-hydrogen) atoms. The molecule has 11 heteroatoms. The molecule has 200 valence electrons. The van der Waals surface area contributed by atoms with Crippen molar-refractivity contribution in [2.75, 3.05) is 6.54 Å². The highest BCUT2D eigenvalue weighted by Gasteiger charge is 2.34. The summed E-state index contributed by atoms with van der Waals surface area (Å²) < 4.78 is 31.9. The SMILES string of the molecule is Cc1ccc(C(CC(=O)O)c2ccc3c(nnn3C)c2C)cc1CN1CC(C)Oc2cnccc2S1(O)O. The molecular weight excluding hydrogens is 506 g/mol. The van der Waals surface area contributed by atoms with Crippen LogP contribution in [0, 0.1) is 13.8 Å². The number of hydrogen-bond acceptors (Lipinski definition) is 8. The molecule has 4 aromatic rings. The van der Waals surface area contributed by atoms with E-state index < -0.39 is 22.7 Å². The van der Waals surface area contributed by atoms with E-state index in [9.17, 15) is 19.0 Å². The van der Waals surface area contributed by atoms with Crippen molar-refractivity contribution in [2.24, 2.45) is 7.05 Å². The summed E-state index contributed by atoms with van der Waals surface area (Å²) in [5, 5.41) is 18.2. The smallest absolute Gasteiger partial charge is 0.304 e. The second-order valence-corrected chi connectivity index (χ2v) is 11.8. The lowest BCUT2D eigenvalue weighted by molar-refractivity contribution is -0.137. The molecule has 0 saturated carbocycles. The quantitative estimate of drug-likeness (QED) is 0.314. The van der Waals surface area contributed by atoms with Gasteiger partial charge in [0.1, 0.15) is 16.5 Å². The number of carboxylic acids is 1. The maximum Gasteiger partial charge on any atom is 0.304 e. The Bertz CT molecular complexity index is 1520. The van der Waals surface area contributed by atoms with Crippen LogP contribution in [-0.2, 0) is 18.4 Å². The van der Waals surface area contributed by atoms with Crippen molar-refractivity contribution in [2.45, 2.75) is 50.7 Å². The first kappa shape index (κ1) is 26.1. The third-order valence-corrected chi connectivity index (χ3v) is 9.07. The summed E-state index contributed by atoms with van der Waals surface area (Å²) in [5.41, 5.74) is 6.06. The topological polar surface area (TPSA) is 134 Å². The Morgan fingerprint density at radius 2 is 2.00 bits per heavy atom. The molecule has 5 rings (SSSR count). The lowest BCUT2D eigenvalue weighted by Crippen LogP contribution is -2.33. The van der Waals surface area contributed by atoms with E-state index in [1.54, 1.807) is 15.1 Å². The Labute approximate surface area is 222 Å². The van der Waals surface area contributed by atoms with Gasteiger partial charge >= 0.3 is 5.97 Å². The zero-order chi connectivity index (χ0) is 27.2. The van der Waals surface area contributed by atoms with Gasteiger partial charge < -0.3 is 9.84 Å². The van der Waals surface area contributed by atoms with Crippen LogP contribution in [-0.4, -0.2) is 57.1 Å². The fraction of sp³-hybridized carbons (Fsp3) is 0.333. The molecule has 0 spiro atoms. The van der Waals surface area contributed by atoms with Crippen molar-refractivity contribution < 1.29 is 23.7 Å². The number of nitrogens with zero attached hydrogens (tertiary/aromatic N) is 5. The fourth-order valence-electron chi connectivity index (χ4n) is 5.10. The number of aliphatic carboxylic acids is 1. The highest BCUT2D eigenvalue weighted by Crippen LogP contribution is 2.57. The van der Waals surface area contributed by atoms with Crippen LogP contribution in [0.4, 0.5) is 0 Å². The van der Waals surface area contributed by atoms with Crippen LogP contribution in [0.1, 0.15) is 47.1 Å². The molecular formula is C27H31N5O5S. The van der Waals surface area contributed by atoms with Gasteiger partial charge in [0, 0.05) is 25.7 Å². The van der Waals surface area contributed by atoms with E-state index >= 15 is 0 Å². The molecule has 3 heterocycles. The van der Waals surface area contributed by atoms with Gasteiger partial charge in [0.15, 0.2) is 5.75 Å². The molecule has 10 nitrogen and oxygen atoms in total. The monoisotopic (exact) mass is 537 g/mol. The minimum absolute atomic E-state index is 0.0980. The number of benzene rings is 2. The normalized spacial score (nSPS) is 18.8. The first-order valence-corrected chi connectivity index (χ1v) is 13.8. The summed E-state index contributed by atoms with van der Waals surface area (Å²) in [4.78, 5) is 16.3. The molecule has 0 fully saturated rings. The first-order valence-electron chi connectivity index (χ1n) is 12.3. The third-order valence-electron chi connectivity index (χ3n) is 7.15. The third kappa shape index (κ3) is 4.73. The molecule has 0 aliphatic carbocycles. The van der Waals surface area contributed by atoms with Crippen molar-refractivity contribution in [3.05, 3.63) is 76.6 Å². The lowest BCUT2D eigenvalue weighted by atomic mass is 9.84. The molecule has 1 aliphatic heterocycles. The van der Waals surface area contributed by atoms with Gasteiger partial charge in [0.05, 0.1) is 24.7 Å². The van der Waals surface area contributed by atoms with E-state index in [0.717, 1.165) is 38.9 Å². The Morgan fingerprint density at radius 3 is 2.76 bits per heavy atom. The van der Waals surface area contributed by atoms with Crippen LogP contribution in [0.2, 0.25) is 0 Å². The van der Waals surface area contributed by atoms with E-state index in [1.807, 2.05) is 58.2 Å². The zero-order valence-corrected chi connectivity index (χ0v) is 22.5. The van der Waals surface area contributed by atoms with Crippen LogP contribution in [0.15, 0.2) is 53.7 Å². The highest BCUT2D eigenvalue weighted by molar-refractivity contribution is 8.22. The van der Waals surface area contributed by atoms with Crippen molar-refractivity contribution in [1.82, 2.24) is 24.3 Å². The summed E-state index contributed by atoms with van der Waals surface area (Å²) in [7, 11) is -1.52. The van der Waals surface area contributed by atoms with E-state index in [2.05, 4.69) is 15.3 Å². The number of aryl methyl sites for hydroxylation is 3. The van der Waals surface area contributed by atoms with E-state index in [1.165, 1.54) is 12.4 Å². The van der Waals surface area contributed by atoms with Gasteiger partial charge in [-0.1, -0.05) is 29.5 Å². The van der Waals surface area contributed by atoms with Crippen molar-refractivity contribution in [3.8, 4) is 5.75 Å². The van der Waals surface area contributed by atoms with Crippen LogP contribution in [0.5, 0.6) is 5.75 Å². The standard InChI is InChI=1S/C27H31N5O5S/c1-16-5-6-19(22(12-26(33)34)21-7-8-23-27(18(21)3)29-30-31(23)4)11-20(16)15-32-14-17(2)37-24-13-28-10-9-25(24)38(32,35)36/h5-11,13,17,22,35-36H,12,14-15H2,1-4H3,(H,33,34). The van der Waals surface area contributed by atoms with E-state index in [0.29, 0.717) is 17.2 Å². The van der Waals surface area contributed by atoms with Crippen molar-refractivity contribution in [3.63, 3.8) is 0 Å². The van der Waals surface area contributed by atoms with Crippen LogP contribution < -0.4 is 4.74 Å². The fourth-order valence-corrected chi connectivity index (χ4v) is 6.73. The maximum absolute atomic E-state index is 12.0. The van der Waals surface area contributed by atoms with Gasteiger partial charge in [-0.25, -0.2) is 4.68 Å². The number of rotatable bonds is 6. The molecule has 0 saturated heterocycles. The summed E-state index contributed by atoms with van der Waals surface area (Å²) in [6.07, 6.45) is 2.63. The first-order chi connectivity index (χ1) is 18.1. The Hall–Kier alpha value is -3.51. The lowest BCUT2D eigenvalue weighted by Gasteiger charge is -2.41. The number of aromatic nitrogens is 4. The van der Waals surface area contributed by atoms with Crippen molar-refractivity contribution in [1.29, 1.82) is 0 Å². The molecule has 2 atom stereocenters. The second-order valence-electron chi connectivity index (χ2n) is 9.79. The van der Waals surface area contributed by atoms with E-state index in [-0.39, 0.29) is 19.1 Å². The molecule has 0 bridgehead atoms. The number of pyridine rings is 1. The van der Waals surface area contributed by atoms with Gasteiger partial charge in [-0.3, -0.25) is 18.9 Å². The molecule has 2 aromatic carbocycles. The Kier molecular flexibility index (Phi) is 6.86. The largest absolute Gasteiger partial charge is 0.486 e. The highest BCUT2D eigenvalue weighted by atomic mass is 32.3. The number of carbonyl (C=O) groups is 1. The number of hydrogen-bond donors (Lipinski definition) is 3. The van der Waals surface area contributed by atoms with Gasteiger partial charge in [-0.15, -0.1) is 15.9 Å². The molecule has 2 unspecified atom stereocenters. The Morgan fingerprint density at radius 1 is 1.21 bits per heavy atom. The maximum atomic E-state index is 12.0. The minimum Gasteiger partial charge on any atom is -0.486 e. The van der Waals surface area contributed by atoms with Gasteiger partial charge in [-0.2, -0.15) is 4.31 Å². The second kappa shape index (κ2) is 9.99. The molecule has 0 radical (unpaired) electrons. The predicted molar refractivity (Wildman–Crippen MR) is 144 cm³/mol. The molecule has 1 aliphatic rings. The van der Waals surface area contributed by atoms with Crippen LogP contribution >= 0.6 is 10.8 Å². The number of fused-ring (bicyclic) bond motifs is 2. The molecule has 2 aromatic heterocycles. The van der Waals surface area contributed by atoms with Crippen molar-refractivity contribution >= 4 is 27.8 Å². The average molecular weight is 538 g/mol. The molecule has 3 N–H and O–H groups in total. The summed E-state index contributed by atoms with van der Waals surface area (Å²) in [6.45, 7) is 6.32. The number of ether oxygens (including phenoxy) is 1. The van der Waals surface area contributed by atoms with Gasteiger partial charge in [0.2, 0.25) is 0 Å².